The molecule has 1 aliphatic heterocycles. The molecule has 1 saturated heterocycles. The average molecular weight is 359 g/mol. The van der Waals surface area contributed by atoms with Crippen molar-refractivity contribution in [3.05, 3.63) is 78.8 Å². The highest BCUT2D eigenvalue weighted by Crippen LogP contribution is 2.33. The Labute approximate surface area is 158 Å². The van der Waals surface area contributed by atoms with Crippen molar-refractivity contribution in [3.8, 4) is 11.5 Å². The molecule has 1 unspecified atom stereocenters. The lowest BCUT2D eigenvalue weighted by atomic mass is 10.1. The highest BCUT2D eigenvalue weighted by Gasteiger charge is 2.22. The first-order valence-electron chi connectivity index (χ1n) is 9.03. The van der Waals surface area contributed by atoms with Gasteiger partial charge in [-0.1, -0.05) is 24.8 Å². The van der Waals surface area contributed by atoms with Crippen molar-refractivity contribution in [2.24, 2.45) is 0 Å². The fourth-order valence-corrected chi connectivity index (χ4v) is 3.03. The van der Waals surface area contributed by atoms with Gasteiger partial charge < -0.3 is 14.8 Å². The maximum atomic E-state index is 5.84. The van der Waals surface area contributed by atoms with Crippen molar-refractivity contribution in [2.45, 2.75) is 18.9 Å². The van der Waals surface area contributed by atoms with Gasteiger partial charge in [0.25, 0.3) is 0 Å². The van der Waals surface area contributed by atoms with Crippen LogP contribution in [0.5, 0.6) is 11.5 Å². The average Bonchev–Trinajstić information content (AvgIpc) is 3.25. The summed E-state index contributed by atoms with van der Waals surface area (Å²) in [6.45, 7) is 4.53. The predicted octanol–water partition coefficient (Wildman–Crippen LogP) is 5.51. The van der Waals surface area contributed by atoms with Crippen molar-refractivity contribution in [3.63, 3.8) is 0 Å². The molecule has 1 aromatic heterocycles. The molecule has 1 aliphatic rings. The highest BCUT2D eigenvalue weighted by atomic mass is 16.5. The highest BCUT2D eigenvalue weighted by molar-refractivity contribution is 5.61. The van der Waals surface area contributed by atoms with Crippen molar-refractivity contribution < 1.29 is 9.47 Å². The zero-order valence-electron chi connectivity index (χ0n) is 15.0. The molecule has 3 aromatic rings. The van der Waals surface area contributed by atoms with Crippen molar-refractivity contribution in [2.75, 3.05) is 11.9 Å². The largest absolute Gasteiger partial charge is 0.457 e. The quantitative estimate of drug-likeness (QED) is 0.629. The Balaban J connectivity index is 1.53. The van der Waals surface area contributed by atoms with Crippen LogP contribution in [-0.4, -0.2) is 16.6 Å². The molecule has 2 aromatic carbocycles. The second-order valence-electron chi connectivity index (χ2n) is 6.30. The number of benzene rings is 2. The van der Waals surface area contributed by atoms with Gasteiger partial charge in [-0.2, -0.15) is 0 Å². The molecule has 0 saturated carbocycles. The molecule has 0 bridgehead atoms. The Kier molecular flexibility index (Phi) is 5.12. The number of nitrogens with one attached hydrogen (secondary N) is 1. The smallest absolute Gasteiger partial charge is 0.153 e. The van der Waals surface area contributed by atoms with Gasteiger partial charge in [-0.25, -0.2) is 9.97 Å². The summed E-state index contributed by atoms with van der Waals surface area (Å²) < 4.78 is 11.6. The summed E-state index contributed by atoms with van der Waals surface area (Å²) in [4.78, 5) is 8.91. The third kappa shape index (κ3) is 4.15. The number of hydrogen-bond acceptors (Lipinski definition) is 5. The summed E-state index contributed by atoms with van der Waals surface area (Å²) >= 11 is 0. The van der Waals surface area contributed by atoms with E-state index in [2.05, 4.69) is 21.9 Å². The number of ether oxygens (including phenoxy) is 2. The molecule has 0 amide bonds. The summed E-state index contributed by atoms with van der Waals surface area (Å²) in [5.41, 5.74) is 1.89. The summed E-state index contributed by atoms with van der Waals surface area (Å²) in [5.74, 6) is 2.93. The van der Waals surface area contributed by atoms with Gasteiger partial charge in [-0.15, -0.1) is 0 Å². The van der Waals surface area contributed by atoms with Crippen LogP contribution in [0.1, 0.15) is 30.3 Å². The number of nitrogens with zero attached hydrogens (tertiary/aromatic N) is 2. The molecule has 5 nitrogen and oxygen atoms in total. The molecule has 0 radical (unpaired) electrons. The molecule has 4 rings (SSSR count). The van der Waals surface area contributed by atoms with Gasteiger partial charge >= 0.3 is 0 Å². The molecule has 1 N–H and O–H groups in total. The topological polar surface area (TPSA) is 56.3 Å². The predicted molar refractivity (Wildman–Crippen MR) is 106 cm³/mol. The second kappa shape index (κ2) is 8.01. The molecule has 27 heavy (non-hydrogen) atoms. The normalized spacial score (nSPS) is 16.1. The zero-order chi connectivity index (χ0) is 18.5. The van der Waals surface area contributed by atoms with Crippen molar-refractivity contribution >= 4 is 17.6 Å². The minimum absolute atomic E-state index is 0.0343. The minimum Gasteiger partial charge on any atom is -0.457 e. The molecule has 2 heterocycles. The molecule has 0 spiro atoms. The van der Waals surface area contributed by atoms with E-state index < -0.39 is 0 Å². The lowest BCUT2D eigenvalue weighted by Gasteiger charge is -2.16. The van der Waals surface area contributed by atoms with Gasteiger partial charge in [-0.05, 0) is 55.3 Å². The van der Waals surface area contributed by atoms with Crippen LogP contribution in [0.3, 0.4) is 0 Å². The van der Waals surface area contributed by atoms with E-state index in [4.69, 9.17) is 9.47 Å². The van der Waals surface area contributed by atoms with Crippen molar-refractivity contribution in [1.82, 2.24) is 9.97 Å². The van der Waals surface area contributed by atoms with E-state index in [1.54, 1.807) is 6.08 Å². The van der Waals surface area contributed by atoms with Crippen LogP contribution in [0, 0.1) is 0 Å². The van der Waals surface area contributed by atoms with E-state index in [9.17, 15) is 0 Å². The first-order chi connectivity index (χ1) is 13.3. The van der Waals surface area contributed by atoms with Crippen molar-refractivity contribution in [1.29, 1.82) is 0 Å². The summed E-state index contributed by atoms with van der Waals surface area (Å²) in [7, 11) is 0. The maximum absolute atomic E-state index is 5.84. The first kappa shape index (κ1) is 17.2. The zero-order valence-corrected chi connectivity index (χ0v) is 15.0. The van der Waals surface area contributed by atoms with Gasteiger partial charge in [-0.3, -0.25) is 0 Å². The number of hydrogen-bond donors (Lipinski definition) is 1. The first-order valence-corrected chi connectivity index (χ1v) is 9.03. The Bertz CT molecular complexity index is 905. The van der Waals surface area contributed by atoms with E-state index in [-0.39, 0.29) is 6.10 Å². The van der Waals surface area contributed by atoms with E-state index in [0.717, 1.165) is 48.0 Å². The summed E-state index contributed by atoms with van der Waals surface area (Å²) in [6.07, 6.45) is 5.54. The lowest BCUT2D eigenvalue weighted by molar-refractivity contribution is 0.112. The Hall–Kier alpha value is -3.18. The Morgan fingerprint density at radius 1 is 1.07 bits per heavy atom. The van der Waals surface area contributed by atoms with Gasteiger partial charge in [0.15, 0.2) is 5.82 Å². The van der Waals surface area contributed by atoms with Crippen LogP contribution in [0.15, 0.2) is 67.4 Å². The summed E-state index contributed by atoms with van der Waals surface area (Å²) in [5, 5.41) is 3.38. The Morgan fingerprint density at radius 2 is 1.85 bits per heavy atom. The third-order valence-corrected chi connectivity index (χ3v) is 4.39. The van der Waals surface area contributed by atoms with Crippen LogP contribution >= 0.6 is 0 Å². The van der Waals surface area contributed by atoms with Crippen LogP contribution in [0.2, 0.25) is 0 Å². The lowest BCUT2D eigenvalue weighted by Crippen LogP contribution is -2.06. The minimum atomic E-state index is 0.0343. The van der Waals surface area contributed by atoms with E-state index in [1.165, 1.54) is 0 Å². The van der Waals surface area contributed by atoms with Gasteiger partial charge in [0.05, 0.1) is 6.10 Å². The van der Waals surface area contributed by atoms with Gasteiger partial charge in [0.2, 0.25) is 0 Å². The standard InChI is InChI=1S/C22H21N3O2/c1-2-21-23-15-19(20-9-6-14-26-20)22(25-21)24-16-10-12-18(13-11-16)27-17-7-4-3-5-8-17/h2-5,7-8,10-13,15,20H,1,6,9,14H2,(H,23,24,25). The fraction of sp³-hybridized carbons (Fsp3) is 0.182. The summed E-state index contributed by atoms with van der Waals surface area (Å²) in [6, 6.07) is 17.5. The molecular formula is C22H21N3O2. The van der Waals surface area contributed by atoms with E-state index in [0.29, 0.717) is 5.82 Å². The fourth-order valence-electron chi connectivity index (χ4n) is 3.03. The van der Waals surface area contributed by atoms with Gasteiger partial charge in [0.1, 0.15) is 17.3 Å². The molecular weight excluding hydrogens is 338 g/mol. The SMILES string of the molecule is C=Cc1ncc(C2CCCO2)c(Nc2ccc(Oc3ccccc3)cc2)n1. The number of para-hydroxylation sites is 1. The number of rotatable bonds is 6. The van der Waals surface area contributed by atoms with Crippen LogP contribution in [0.4, 0.5) is 11.5 Å². The third-order valence-electron chi connectivity index (χ3n) is 4.39. The van der Waals surface area contributed by atoms with Crippen LogP contribution < -0.4 is 10.1 Å². The molecule has 1 fully saturated rings. The molecule has 1 atom stereocenters. The van der Waals surface area contributed by atoms with Crippen LogP contribution in [0.25, 0.3) is 6.08 Å². The molecule has 136 valence electrons. The van der Waals surface area contributed by atoms with E-state index in [1.807, 2.05) is 60.8 Å². The molecule has 5 heteroatoms. The van der Waals surface area contributed by atoms with Crippen LogP contribution in [-0.2, 0) is 4.74 Å². The maximum Gasteiger partial charge on any atom is 0.153 e. The molecule has 0 aliphatic carbocycles. The van der Waals surface area contributed by atoms with Gasteiger partial charge in [0, 0.05) is 24.1 Å². The number of aromatic nitrogens is 2. The Morgan fingerprint density at radius 3 is 2.56 bits per heavy atom. The van der Waals surface area contributed by atoms with E-state index >= 15 is 0 Å². The second-order valence-corrected chi connectivity index (χ2v) is 6.30. The monoisotopic (exact) mass is 359 g/mol. The number of anilines is 2.